The summed E-state index contributed by atoms with van der Waals surface area (Å²) in [5.41, 5.74) is 0.899. The van der Waals surface area contributed by atoms with E-state index in [0.29, 0.717) is 21.9 Å². The molecule has 0 aliphatic carbocycles. The van der Waals surface area contributed by atoms with Crippen molar-refractivity contribution in [2.75, 3.05) is 4.90 Å². The number of thiazole rings is 1. The summed E-state index contributed by atoms with van der Waals surface area (Å²) in [6, 6.07) is 11.7. The minimum atomic E-state index is -2.97. The van der Waals surface area contributed by atoms with Crippen molar-refractivity contribution in [2.45, 2.75) is 19.0 Å². The van der Waals surface area contributed by atoms with Gasteiger partial charge in [0.2, 0.25) is 5.91 Å². The maximum atomic E-state index is 13.7. The zero-order valence-electron chi connectivity index (χ0n) is 15.1. The van der Waals surface area contributed by atoms with Crippen molar-refractivity contribution in [3.8, 4) is 5.75 Å². The number of benzene rings is 2. The molecule has 1 amide bonds. The summed E-state index contributed by atoms with van der Waals surface area (Å²) in [7, 11) is 1.54. The number of carbonyl (C=O) groups excluding carboxylic acids is 1. The second-order valence-corrected chi connectivity index (χ2v) is 7.52. The van der Waals surface area contributed by atoms with Crippen LogP contribution in [0.15, 0.2) is 53.3 Å². The zero-order chi connectivity index (χ0) is 20.7. The van der Waals surface area contributed by atoms with Gasteiger partial charge in [0.25, 0.3) is 0 Å². The molecule has 29 heavy (non-hydrogen) atoms. The Hall–Kier alpha value is -3.07. The summed E-state index contributed by atoms with van der Waals surface area (Å²) in [6.45, 7) is -2.97. The van der Waals surface area contributed by atoms with E-state index in [1.807, 2.05) is 0 Å². The summed E-state index contributed by atoms with van der Waals surface area (Å²) in [4.78, 5) is 27.1. The smallest absolute Gasteiger partial charge is 0.387 e. The molecule has 0 bridgehead atoms. The molecule has 1 unspecified atom stereocenters. The molecule has 1 atom stereocenters. The molecule has 0 radical (unpaired) electrons. The van der Waals surface area contributed by atoms with Crippen LogP contribution in [0.3, 0.4) is 0 Å². The van der Waals surface area contributed by atoms with Gasteiger partial charge in [-0.15, -0.1) is 0 Å². The molecule has 1 aliphatic heterocycles. The first-order valence-electron chi connectivity index (χ1n) is 8.68. The Morgan fingerprint density at radius 3 is 2.62 bits per heavy atom. The summed E-state index contributed by atoms with van der Waals surface area (Å²) in [5.74, 6) is -1.01. The van der Waals surface area contributed by atoms with Crippen LogP contribution < -0.4 is 14.5 Å². The first-order valence-corrected chi connectivity index (χ1v) is 9.50. The SMILES string of the molecule is Cn1c2c(sc1=O)C(c1cccc(OC(F)F)c1)CC(=O)N2c1cccc(F)c1. The highest BCUT2D eigenvalue weighted by atomic mass is 32.1. The van der Waals surface area contributed by atoms with Crippen molar-refractivity contribution in [1.82, 2.24) is 4.57 Å². The lowest BCUT2D eigenvalue weighted by Crippen LogP contribution is -2.34. The number of anilines is 2. The van der Waals surface area contributed by atoms with Crippen LogP contribution in [0.2, 0.25) is 0 Å². The van der Waals surface area contributed by atoms with Crippen LogP contribution in [0.1, 0.15) is 22.8 Å². The minimum Gasteiger partial charge on any atom is -0.435 e. The van der Waals surface area contributed by atoms with Gasteiger partial charge in [-0.2, -0.15) is 8.78 Å². The van der Waals surface area contributed by atoms with Gasteiger partial charge in [0.1, 0.15) is 17.4 Å². The number of amides is 1. The molecular formula is C20H15F3N2O3S. The Morgan fingerprint density at radius 1 is 1.14 bits per heavy atom. The molecule has 3 aromatic rings. The van der Waals surface area contributed by atoms with Gasteiger partial charge in [-0.3, -0.25) is 19.1 Å². The lowest BCUT2D eigenvalue weighted by Gasteiger charge is -2.32. The Balaban J connectivity index is 1.83. The zero-order valence-corrected chi connectivity index (χ0v) is 16.0. The van der Waals surface area contributed by atoms with E-state index in [2.05, 4.69) is 4.74 Å². The molecule has 0 saturated carbocycles. The van der Waals surface area contributed by atoms with Crippen molar-refractivity contribution in [3.05, 3.63) is 74.5 Å². The van der Waals surface area contributed by atoms with Gasteiger partial charge in [0.05, 0.1) is 10.6 Å². The first kappa shape index (κ1) is 19.3. The monoisotopic (exact) mass is 420 g/mol. The number of halogens is 3. The summed E-state index contributed by atoms with van der Waals surface area (Å²) < 4.78 is 44.7. The maximum absolute atomic E-state index is 13.7. The van der Waals surface area contributed by atoms with Gasteiger partial charge in [-0.05, 0) is 35.9 Å². The number of hydrogen-bond donors (Lipinski definition) is 0. The first-order chi connectivity index (χ1) is 13.8. The van der Waals surface area contributed by atoms with Gasteiger partial charge >= 0.3 is 11.5 Å². The van der Waals surface area contributed by atoms with E-state index in [4.69, 9.17) is 0 Å². The van der Waals surface area contributed by atoms with Gasteiger partial charge in [-0.1, -0.05) is 29.5 Å². The summed E-state index contributed by atoms with van der Waals surface area (Å²) in [6.07, 6.45) is 0.00159. The molecule has 150 valence electrons. The lowest BCUT2D eigenvalue weighted by atomic mass is 9.90. The van der Waals surface area contributed by atoms with Crippen LogP contribution in [0.4, 0.5) is 24.7 Å². The van der Waals surface area contributed by atoms with E-state index in [0.717, 1.165) is 11.3 Å². The Morgan fingerprint density at radius 2 is 1.90 bits per heavy atom. The quantitative estimate of drug-likeness (QED) is 0.629. The predicted octanol–water partition coefficient (Wildman–Crippen LogP) is 4.39. The van der Waals surface area contributed by atoms with Crippen molar-refractivity contribution in [1.29, 1.82) is 0 Å². The van der Waals surface area contributed by atoms with E-state index < -0.39 is 18.3 Å². The number of carbonyl (C=O) groups is 1. The number of rotatable bonds is 4. The molecule has 2 aromatic carbocycles. The van der Waals surface area contributed by atoms with Crippen LogP contribution in [-0.2, 0) is 11.8 Å². The molecular weight excluding hydrogens is 405 g/mol. The van der Waals surface area contributed by atoms with E-state index in [1.54, 1.807) is 18.2 Å². The topological polar surface area (TPSA) is 51.5 Å². The second-order valence-electron chi connectivity index (χ2n) is 6.53. The number of hydrogen-bond acceptors (Lipinski definition) is 4. The van der Waals surface area contributed by atoms with Crippen LogP contribution in [0.5, 0.6) is 5.75 Å². The molecule has 0 spiro atoms. The van der Waals surface area contributed by atoms with Crippen molar-refractivity contribution in [2.24, 2.45) is 7.05 Å². The lowest BCUT2D eigenvalue weighted by molar-refractivity contribution is -0.118. The highest BCUT2D eigenvalue weighted by molar-refractivity contribution is 7.10. The van der Waals surface area contributed by atoms with Crippen LogP contribution in [-0.4, -0.2) is 17.1 Å². The van der Waals surface area contributed by atoms with Crippen molar-refractivity contribution in [3.63, 3.8) is 0 Å². The van der Waals surface area contributed by atoms with Gasteiger partial charge < -0.3 is 4.74 Å². The second kappa shape index (κ2) is 7.40. The number of nitrogens with zero attached hydrogens (tertiary/aromatic N) is 2. The standard InChI is InChI=1S/C20H15F3N2O3S/c1-24-18-17(29-20(24)27)15(11-4-2-7-14(8-11)28-19(22)23)10-16(26)25(18)13-6-3-5-12(21)9-13/h2-9,15,19H,10H2,1H3. The number of aromatic nitrogens is 1. The average Bonchev–Trinajstić information content (AvgIpc) is 2.96. The molecule has 1 aliphatic rings. The molecule has 0 fully saturated rings. The molecule has 1 aromatic heterocycles. The Kier molecular flexibility index (Phi) is 4.91. The van der Waals surface area contributed by atoms with E-state index in [1.165, 1.54) is 46.8 Å². The summed E-state index contributed by atoms with van der Waals surface area (Å²) >= 11 is 0.975. The van der Waals surface area contributed by atoms with Gasteiger partial charge in [0.15, 0.2) is 0 Å². The third-order valence-electron chi connectivity index (χ3n) is 4.72. The normalized spacial score (nSPS) is 16.2. The molecule has 0 N–H and O–H groups in total. The Labute approximate surface area is 167 Å². The Bertz CT molecular complexity index is 1140. The highest BCUT2D eigenvalue weighted by Crippen LogP contribution is 2.45. The number of fused-ring (bicyclic) bond motifs is 1. The largest absolute Gasteiger partial charge is 0.435 e. The van der Waals surface area contributed by atoms with Gasteiger partial charge in [-0.25, -0.2) is 4.39 Å². The van der Waals surface area contributed by atoms with Crippen LogP contribution in [0, 0.1) is 5.82 Å². The van der Waals surface area contributed by atoms with Crippen LogP contribution in [0.25, 0.3) is 0 Å². The molecule has 4 rings (SSSR count). The minimum absolute atomic E-state index is 0.00159. The van der Waals surface area contributed by atoms with Crippen molar-refractivity contribution >= 4 is 28.7 Å². The fourth-order valence-electron chi connectivity index (χ4n) is 3.48. The predicted molar refractivity (Wildman–Crippen MR) is 103 cm³/mol. The molecule has 9 heteroatoms. The average molecular weight is 420 g/mol. The fourth-order valence-corrected chi connectivity index (χ4v) is 4.57. The third kappa shape index (κ3) is 3.53. The highest BCUT2D eigenvalue weighted by Gasteiger charge is 2.37. The third-order valence-corrected chi connectivity index (χ3v) is 5.85. The molecule has 5 nitrogen and oxygen atoms in total. The molecule has 0 saturated heterocycles. The number of ether oxygens (including phenoxy) is 1. The van der Waals surface area contributed by atoms with E-state index in [9.17, 15) is 22.8 Å². The van der Waals surface area contributed by atoms with E-state index in [-0.39, 0.29) is 23.0 Å². The van der Waals surface area contributed by atoms with Gasteiger partial charge in [0, 0.05) is 19.4 Å². The number of alkyl halides is 2. The summed E-state index contributed by atoms with van der Waals surface area (Å²) in [5, 5.41) is 0. The van der Waals surface area contributed by atoms with E-state index >= 15 is 0 Å². The molecule has 2 heterocycles. The van der Waals surface area contributed by atoms with Crippen LogP contribution >= 0.6 is 11.3 Å². The maximum Gasteiger partial charge on any atom is 0.387 e. The fraction of sp³-hybridized carbons (Fsp3) is 0.200. The van der Waals surface area contributed by atoms with Crippen molar-refractivity contribution < 1.29 is 22.7 Å².